The van der Waals surface area contributed by atoms with Gasteiger partial charge in [-0.15, -0.1) is 11.3 Å². The number of hydrogen-bond acceptors (Lipinski definition) is 6. The van der Waals surface area contributed by atoms with E-state index in [1.807, 2.05) is 12.1 Å². The van der Waals surface area contributed by atoms with Gasteiger partial charge in [0.1, 0.15) is 10.8 Å². The zero-order valence-electron chi connectivity index (χ0n) is 21.7. The predicted molar refractivity (Wildman–Crippen MR) is 141 cm³/mol. The number of likely N-dealkylation sites (N-methyl/N-ethyl adjacent to an activating group) is 1. The van der Waals surface area contributed by atoms with Crippen molar-refractivity contribution < 1.29 is 38.0 Å². The number of thiophene rings is 1. The molecule has 35 heavy (non-hydrogen) atoms. The molecule has 1 aromatic heterocycles. The first-order valence-electron chi connectivity index (χ1n) is 12.6. The summed E-state index contributed by atoms with van der Waals surface area (Å²) in [5.74, 6) is 1.01. The molecule has 0 unspecified atom stereocenters. The van der Waals surface area contributed by atoms with Crippen molar-refractivity contribution >= 4 is 39.5 Å². The molecule has 1 N–H and O–H groups in total. The maximum atomic E-state index is 13.0. The number of rotatable bonds is 7. The fraction of sp³-hybridized carbons (Fsp3) is 0.556. The van der Waals surface area contributed by atoms with Gasteiger partial charge in [-0.05, 0) is 44.9 Å². The Bertz CT molecular complexity index is 1050. The summed E-state index contributed by atoms with van der Waals surface area (Å²) in [6, 6.07) is 10.5. The Kier molecular flexibility index (Phi) is 9.26. The second kappa shape index (κ2) is 11.6. The van der Waals surface area contributed by atoms with Crippen LogP contribution in [0.3, 0.4) is 0 Å². The van der Waals surface area contributed by atoms with E-state index in [1.54, 1.807) is 11.3 Å². The summed E-state index contributed by atoms with van der Waals surface area (Å²) < 4.78 is 6.68. The first-order chi connectivity index (χ1) is 16.3. The molecular formula is C27H39IN4O2S. The lowest BCUT2D eigenvalue weighted by molar-refractivity contribution is -0.929. The Balaban J connectivity index is 0.00000342. The second-order valence-electron chi connectivity index (χ2n) is 10.4. The van der Waals surface area contributed by atoms with E-state index < -0.39 is 0 Å². The number of para-hydroxylation sites is 2. The van der Waals surface area contributed by atoms with Crippen LogP contribution in [0.1, 0.15) is 56.9 Å². The molecule has 4 rings (SSSR count). The molecule has 0 aliphatic carbocycles. The largest absolute Gasteiger partial charge is 1.00 e. The Morgan fingerprint density at radius 2 is 1.86 bits per heavy atom. The smallest absolute Gasteiger partial charge is 0.316 e. The van der Waals surface area contributed by atoms with Gasteiger partial charge in [0.05, 0.1) is 55.6 Å². The van der Waals surface area contributed by atoms with Crippen molar-refractivity contribution in [3.63, 3.8) is 0 Å². The van der Waals surface area contributed by atoms with Gasteiger partial charge >= 0.3 is 5.97 Å². The number of aryl methyl sites for hydroxylation is 1. The normalized spacial score (nSPS) is 16.7. The predicted octanol–water partition coefficient (Wildman–Crippen LogP) is 3.07. The summed E-state index contributed by atoms with van der Waals surface area (Å²) in [6.07, 6.45) is 3.76. The molecule has 3 heterocycles. The molecule has 0 radical (unpaired) electrons. The van der Waals surface area contributed by atoms with Crippen LogP contribution in [0.2, 0.25) is 0 Å². The highest BCUT2D eigenvalue weighted by Crippen LogP contribution is 2.39. The number of ether oxygens (including phenoxy) is 1. The highest BCUT2D eigenvalue weighted by atomic mass is 127. The number of carbonyl (C=O) groups excluding carboxylic acids is 1. The van der Waals surface area contributed by atoms with Crippen molar-refractivity contribution in [2.24, 2.45) is 10.4 Å². The number of fused-ring (bicyclic) bond motifs is 2. The van der Waals surface area contributed by atoms with Crippen LogP contribution in [-0.2, 0) is 9.53 Å². The number of benzene rings is 1. The van der Waals surface area contributed by atoms with E-state index in [0.717, 1.165) is 78.6 Å². The number of halogens is 1. The summed E-state index contributed by atoms with van der Waals surface area (Å²) in [5.41, 5.74) is 2.83. The van der Waals surface area contributed by atoms with Crippen LogP contribution in [0.5, 0.6) is 0 Å². The van der Waals surface area contributed by atoms with E-state index in [9.17, 15) is 4.79 Å². The third-order valence-corrected chi connectivity index (χ3v) is 8.16. The molecule has 0 atom stereocenters. The van der Waals surface area contributed by atoms with Gasteiger partial charge in [0, 0.05) is 4.88 Å². The van der Waals surface area contributed by atoms with Gasteiger partial charge in [-0.3, -0.25) is 9.28 Å². The van der Waals surface area contributed by atoms with E-state index in [2.05, 4.69) is 63.2 Å². The lowest BCUT2D eigenvalue weighted by Crippen LogP contribution is -3.00. The van der Waals surface area contributed by atoms with Crippen molar-refractivity contribution in [2.45, 2.75) is 53.4 Å². The summed E-state index contributed by atoms with van der Waals surface area (Å²) in [7, 11) is 2.20. The fourth-order valence-electron chi connectivity index (χ4n) is 5.10. The molecule has 0 bridgehead atoms. The maximum absolute atomic E-state index is 13.0. The van der Waals surface area contributed by atoms with E-state index >= 15 is 0 Å². The zero-order chi connectivity index (χ0) is 24.3. The number of hydrogen-bond donors (Lipinski definition) is 1. The number of quaternary nitrogens is 1. The van der Waals surface area contributed by atoms with Crippen LogP contribution >= 0.6 is 11.3 Å². The van der Waals surface area contributed by atoms with Crippen LogP contribution in [0, 0.1) is 12.3 Å². The highest BCUT2D eigenvalue weighted by Gasteiger charge is 2.37. The first-order valence-corrected chi connectivity index (χ1v) is 13.4. The molecule has 2 aliphatic rings. The number of nitrogens with zero attached hydrogens (tertiary/aromatic N) is 3. The quantitative estimate of drug-likeness (QED) is 0.298. The summed E-state index contributed by atoms with van der Waals surface area (Å²) >= 11 is 1.78. The van der Waals surface area contributed by atoms with Gasteiger partial charge in [0.25, 0.3) is 0 Å². The average molecular weight is 611 g/mol. The summed E-state index contributed by atoms with van der Waals surface area (Å²) in [5, 5.41) is 4.75. The Morgan fingerprint density at radius 3 is 2.51 bits per heavy atom. The minimum atomic E-state index is -0.368. The van der Waals surface area contributed by atoms with Crippen LogP contribution in [-0.4, -0.2) is 61.1 Å². The van der Waals surface area contributed by atoms with Crippen molar-refractivity contribution in [1.82, 2.24) is 4.90 Å². The summed E-state index contributed by atoms with van der Waals surface area (Å²) in [6.45, 7) is 12.5. The third-order valence-electron chi connectivity index (χ3n) is 7.20. The van der Waals surface area contributed by atoms with Gasteiger partial charge in [0.15, 0.2) is 0 Å². The Morgan fingerprint density at radius 1 is 1.20 bits per heavy atom. The number of piperazine rings is 1. The van der Waals surface area contributed by atoms with Crippen LogP contribution in [0.4, 0.5) is 16.4 Å². The Labute approximate surface area is 231 Å². The molecule has 6 nitrogen and oxygen atoms in total. The third kappa shape index (κ3) is 6.20. The number of nitrogens with one attached hydrogen (secondary N) is 1. The molecule has 1 saturated heterocycles. The minimum Gasteiger partial charge on any atom is -1.00 e. The van der Waals surface area contributed by atoms with Crippen LogP contribution in [0.25, 0.3) is 0 Å². The SMILES string of the molecule is CCCC(C)(CCC)C(=O)OC[N+]1(C)CCN(C2=Nc3ccccc3Nc3sc(C)cc32)CC1.[I-]. The standard InChI is InChI=1S/C27H39N4O2S.HI/c1-6-12-27(4,13-7-2)26(32)33-19-31(5)16-14-30(15-17-31)24-21-18-20(3)34-25(21)29-23-11-9-8-10-22(23)28-24;/h8-11,18,29H,6-7,12-17,19H2,1-5H3;1H/q+1;/p-1. The second-order valence-corrected chi connectivity index (χ2v) is 11.6. The molecule has 2 aliphatic heterocycles. The van der Waals surface area contributed by atoms with Crippen molar-refractivity contribution in [3.8, 4) is 0 Å². The van der Waals surface area contributed by atoms with E-state index in [-0.39, 0.29) is 35.4 Å². The molecular weight excluding hydrogens is 571 g/mol. The van der Waals surface area contributed by atoms with Crippen molar-refractivity contribution in [3.05, 3.63) is 40.8 Å². The Hall–Kier alpha value is -1.65. The van der Waals surface area contributed by atoms with Gasteiger partial charge in [0.2, 0.25) is 6.73 Å². The molecule has 1 aromatic carbocycles. The number of esters is 1. The van der Waals surface area contributed by atoms with Gasteiger partial charge < -0.3 is 38.9 Å². The minimum absolute atomic E-state index is 0. The number of carbonyl (C=O) groups is 1. The van der Waals surface area contributed by atoms with Gasteiger partial charge in [-0.1, -0.05) is 38.8 Å². The first kappa shape index (κ1) is 27.9. The van der Waals surface area contributed by atoms with E-state index in [4.69, 9.17) is 9.73 Å². The van der Waals surface area contributed by atoms with Crippen LogP contribution < -0.4 is 29.3 Å². The highest BCUT2D eigenvalue weighted by molar-refractivity contribution is 7.16. The molecule has 0 saturated carbocycles. The average Bonchev–Trinajstić information content (AvgIpc) is 3.10. The lowest BCUT2D eigenvalue weighted by Gasteiger charge is -2.42. The van der Waals surface area contributed by atoms with Gasteiger partial charge in [-0.25, -0.2) is 4.99 Å². The number of anilines is 2. The van der Waals surface area contributed by atoms with E-state index in [1.165, 1.54) is 10.4 Å². The molecule has 8 heteroatoms. The molecule has 2 aromatic rings. The van der Waals surface area contributed by atoms with Crippen molar-refractivity contribution in [2.75, 3.05) is 45.3 Å². The molecule has 0 amide bonds. The maximum Gasteiger partial charge on any atom is 0.316 e. The molecule has 192 valence electrons. The molecule has 0 spiro atoms. The summed E-state index contributed by atoms with van der Waals surface area (Å²) in [4.78, 5) is 21.7. The lowest BCUT2D eigenvalue weighted by atomic mass is 9.81. The van der Waals surface area contributed by atoms with Gasteiger partial charge in [-0.2, -0.15) is 0 Å². The van der Waals surface area contributed by atoms with Crippen LogP contribution in [0.15, 0.2) is 35.3 Å². The fourth-order valence-corrected chi connectivity index (χ4v) is 6.02. The monoisotopic (exact) mass is 610 g/mol. The number of amidine groups is 1. The molecule has 1 fully saturated rings. The number of aliphatic imine (C=N–C) groups is 1. The topological polar surface area (TPSA) is 53.9 Å². The van der Waals surface area contributed by atoms with Crippen molar-refractivity contribution in [1.29, 1.82) is 0 Å². The van der Waals surface area contributed by atoms with E-state index in [0.29, 0.717) is 6.73 Å². The zero-order valence-corrected chi connectivity index (χ0v) is 24.7.